The molecule has 0 heterocycles. The number of phenols is 2. The molecule has 2 aromatic rings. The lowest BCUT2D eigenvalue weighted by Crippen LogP contribution is -2.38. The topological polar surface area (TPSA) is 77.8 Å². The molecular weight excluding hydrogens is 302 g/mol. The van der Waals surface area contributed by atoms with E-state index in [4.69, 9.17) is 0 Å². The second-order valence-corrected chi connectivity index (χ2v) is 6.88. The van der Waals surface area contributed by atoms with Gasteiger partial charge >= 0.3 is 0 Å². The van der Waals surface area contributed by atoms with Gasteiger partial charge in [-0.3, -0.25) is 4.31 Å². The number of rotatable bonds is 5. The highest BCUT2D eigenvalue weighted by Gasteiger charge is 2.28. The van der Waals surface area contributed by atoms with Crippen LogP contribution in [0.25, 0.3) is 0 Å². The Morgan fingerprint density at radius 3 is 1.86 bits per heavy atom. The Balaban J connectivity index is 2.53. The molecule has 0 saturated carbocycles. The molecule has 2 rings (SSSR count). The van der Waals surface area contributed by atoms with Crippen molar-refractivity contribution < 1.29 is 18.6 Å². The molecular formula is C16H19NO4S. The van der Waals surface area contributed by atoms with Gasteiger partial charge in [-0.25, -0.2) is 8.42 Å². The second-order valence-electron chi connectivity index (χ2n) is 5.07. The van der Waals surface area contributed by atoms with Crippen molar-refractivity contribution in [3.63, 3.8) is 0 Å². The normalized spacial score (nSPS) is 12.8. The van der Waals surface area contributed by atoms with Gasteiger partial charge < -0.3 is 10.2 Å². The molecule has 0 fully saturated rings. The monoisotopic (exact) mass is 321 g/mol. The minimum Gasteiger partial charge on any atom is -0.508 e. The fourth-order valence-electron chi connectivity index (χ4n) is 2.13. The van der Waals surface area contributed by atoms with Crippen LogP contribution in [0.1, 0.15) is 20.3 Å². The summed E-state index contributed by atoms with van der Waals surface area (Å²) in [4.78, 5) is 0.110. The largest absolute Gasteiger partial charge is 0.508 e. The number of hydrogen-bond donors (Lipinski definition) is 2. The number of anilines is 1. The zero-order valence-electron chi connectivity index (χ0n) is 12.5. The highest BCUT2D eigenvalue weighted by molar-refractivity contribution is 7.92. The molecule has 6 heteroatoms. The first-order chi connectivity index (χ1) is 10.4. The van der Waals surface area contributed by atoms with Crippen LogP contribution in [-0.2, 0) is 10.0 Å². The smallest absolute Gasteiger partial charge is 0.264 e. The first-order valence-electron chi connectivity index (χ1n) is 6.98. The van der Waals surface area contributed by atoms with Gasteiger partial charge in [-0.05, 0) is 61.9 Å². The van der Waals surface area contributed by atoms with Crippen LogP contribution in [0.5, 0.6) is 11.5 Å². The molecule has 0 bridgehead atoms. The highest BCUT2D eigenvalue weighted by Crippen LogP contribution is 2.29. The lowest BCUT2D eigenvalue weighted by atomic mass is 10.2. The summed E-state index contributed by atoms with van der Waals surface area (Å²) in [6, 6.07) is 11.2. The molecule has 0 saturated heterocycles. The van der Waals surface area contributed by atoms with E-state index in [0.717, 1.165) is 0 Å². The van der Waals surface area contributed by atoms with E-state index in [-0.39, 0.29) is 22.4 Å². The number of hydrogen-bond acceptors (Lipinski definition) is 4. The van der Waals surface area contributed by atoms with Crippen LogP contribution >= 0.6 is 0 Å². The van der Waals surface area contributed by atoms with Crippen molar-refractivity contribution in [2.24, 2.45) is 0 Å². The summed E-state index contributed by atoms with van der Waals surface area (Å²) in [6.45, 7) is 3.73. The van der Waals surface area contributed by atoms with Crippen LogP contribution in [0.2, 0.25) is 0 Å². The summed E-state index contributed by atoms with van der Waals surface area (Å²) in [5, 5.41) is 18.7. The molecule has 5 nitrogen and oxygen atoms in total. The third kappa shape index (κ3) is 3.17. The Kier molecular flexibility index (Phi) is 4.61. The molecule has 2 N–H and O–H groups in total. The molecule has 0 aliphatic rings. The Labute approximate surface area is 130 Å². The van der Waals surface area contributed by atoms with E-state index in [1.807, 2.05) is 13.8 Å². The second kappa shape index (κ2) is 6.27. The van der Waals surface area contributed by atoms with Crippen LogP contribution in [0.4, 0.5) is 5.69 Å². The fourth-order valence-corrected chi connectivity index (χ4v) is 3.86. The minimum atomic E-state index is -3.75. The zero-order valence-corrected chi connectivity index (χ0v) is 13.3. The average molecular weight is 321 g/mol. The van der Waals surface area contributed by atoms with E-state index in [1.165, 1.54) is 40.7 Å². The summed E-state index contributed by atoms with van der Waals surface area (Å²) in [7, 11) is -3.75. The summed E-state index contributed by atoms with van der Waals surface area (Å²) >= 11 is 0. The van der Waals surface area contributed by atoms with Crippen molar-refractivity contribution in [2.75, 3.05) is 4.31 Å². The Morgan fingerprint density at radius 2 is 1.41 bits per heavy atom. The maximum Gasteiger partial charge on any atom is 0.264 e. The molecule has 0 aromatic heterocycles. The van der Waals surface area contributed by atoms with E-state index in [2.05, 4.69) is 0 Å². The molecule has 118 valence electrons. The van der Waals surface area contributed by atoms with Crippen molar-refractivity contribution in [3.05, 3.63) is 48.5 Å². The number of aromatic hydroxyl groups is 2. The molecule has 0 radical (unpaired) electrons. The Morgan fingerprint density at radius 1 is 0.955 bits per heavy atom. The predicted octanol–water partition coefficient (Wildman–Crippen LogP) is 3.09. The quantitative estimate of drug-likeness (QED) is 0.887. The molecule has 1 atom stereocenters. The number of nitrogens with zero attached hydrogens (tertiary/aromatic N) is 1. The van der Waals surface area contributed by atoms with Crippen LogP contribution in [0, 0.1) is 0 Å². The standard InChI is InChI=1S/C16H19NO4S/c1-3-12(2)17(13-4-6-14(18)7-5-13)22(20,21)16-10-8-15(19)9-11-16/h4-12,18-19H,3H2,1-2H3. The third-order valence-electron chi connectivity index (χ3n) is 3.49. The van der Waals surface area contributed by atoms with E-state index in [0.29, 0.717) is 12.1 Å². The highest BCUT2D eigenvalue weighted by atomic mass is 32.2. The van der Waals surface area contributed by atoms with E-state index in [9.17, 15) is 18.6 Å². The first-order valence-corrected chi connectivity index (χ1v) is 8.42. The van der Waals surface area contributed by atoms with Gasteiger partial charge in [-0.15, -0.1) is 0 Å². The molecule has 22 heavy (non-hydrogen) atoms. The van der Waals surface area contributed by atoms with E-state index >= 15 is 0 Å². The fraction of sp³-hybridized carbons (Fsp3) is 0.250. The summed E-state index contributed by atoms with van der Waals surface area (Å²) in [5.41, 5.74) is 0.486. The van der Waals surface area contributed by atoms with Gasteiger partial charge in [-0.2, -0.15) is 0 Å². The maximum atomic E-state index is 12.9. The number of benzene rings is 2. The van der Waals surface area contributed by atoms with Crippen molar-refractivity contribution in [2.45, 2.75) is 31.2 Å². The lowest BCUT2D eigenvalue weighted by Gasteiger charge is -2.30. The first kappa shape index (κ1) is 16.2. The van der Waals surface area contributed by atoms with Crippen LogP contribution in [-0.4, -0.2) is 24.7 Å². The van der Waals surface area contributed by atoms with Gasteiger partial charge in [0.05, 0.1) is 10.6 Å². The Hall–Kier alpha value is -2.21. The van der Waals surface area contributed by atoms with E-state index < -0.39 is 10.0 Å². The minimum absolute atomic E-state index is 0.0127. The third-order valence-corrected chi connectivity index (χ3v) is 5.45. The van der Waals surface area contributed by atoms with Gasteiger partial charge in [0.25, 0.3) is 10.0 Å². The lowest BCUT2D eigenvalue weighted by molar-refractivity contribution is 0.474. The number of phenolic OH excluding ortho intramolecular Hbond substituents is 2. The summed E-state index contributed by atoms with van der Waals surface area (Å²) < 4.78 is 27.2. The van der Waals surface area contributed by atoms with Gasteiger partial charge in [-0.1, -0.05) is 6.92 Å². The molecule has 0 aliphatic carbocycles. The molecule has 0 spiro atoms. The molecule has 1 unspecified atom stereocenters. The Bertz CT molecular complexity index is 724. The van der Waals surface area contributed by atoms with Crippen LogP contribution in [0.3, 0.4) is 0 Å². The average Bonchev–Trinajstić information content (AvgIpc) is 2.49. The van der Waals surface area contributed by atoms with Crippen LogP contribution < -0.4 is 4.31 Å². The van der Waals surface area contributed by atoms with Crippen LogP contribution in [0.15, 0.2) is 53.4 Å². The summed E-state index contributed by atoms with van der Waals surface area (Å²) in [6.07, 6.45) is 0.637. The van der Waals surface area contributed by atoms with Crippen molar-refractivity contribution in [3.8, 4) is 11.5 Å². The van der Waals surface area contributed by atoms with Gasteiger partial charge in [0, 0.05) is 6.04 Å². The van der Waals surface area contributed by atoms with Gasteiger partial charge in [0.1, 0.15) is 11.5 Å². The summed E-state index contributed by atoms with van der Waals surface area (Å²) in [5.74, 6) is 0.0913. The van der Waals surface area contributed by atoms with Gasteiger partial charge in [0.15, 0.2) is 0 Å². The van der Waals surface area contributed by atoms with Crippen molar-refractivity contribution >= 4 is 15.7 Å². The predicted molar refractivity (Wildman–Crippen MR) is 85.6 cm³/mol. The van der Waals surface area contributed by atoms with Crippen molar-refractivity contribution in [1.82, 2.24) is 0 Å². The van der Waals surface area contributed by atoms with Crippen molar-refractivity contribution in [1.29, 1.82) is 0 Å². The maximum absolute atomic E-state index is 12.9. The molecule has 2 aromatic carbocycles. The van der Waals surface area contributed by atoms with Gasteiger partial charge in [0.2, 0.25) is 0 Å². The molecule has 0 amide bonds. The zero-order chi connectivity index (χ0) is 16.3. The SMILES string of the molecule is CCC(C)N(c1ccc(O)cc1)S(=O)(=O)c1ccc(O)cc1. The van der Waals surface area contributed by atoms with E-state index in [1.54, 1.807) is 12.1 Å². The molecule has 0 aliphatic heterocycles. The number of sulfonamides is 1.